The fourth-order valence-corrected chi connectivity index (χ4v) is 2.70. The van der Waals surface area contributed by atoms with Gasteiger partial charge in [-0.3, -0.25) is 0 Å². The molecule has 110 valence electrons. The van der Waals surface area contributed by atoms with Crippen molar-refractivity contribution in [3.8, 4) is 0 Å². The zero-order chi connectivity index (χ0) is 13.9. The predicted octanol–water partition coefficient (Wildman–Crippen LogP) is 0.340. The van der Waals surface area contributed by atoms with E-state index in [1.165, 1.54) is 17.9 Å². The molecule has 20 heavy (non-hydrogen) atoms. The van der Waals surface area contributed by atoms with Crippen LogP contribution in [0.2, 0.25) is 0 Å². The van der Waals surface area contributed by atoms with Gasteiger partial charge in [-0.15, -0.1) is 17.5 Å². The quantitative estimate of drug-likeness (QED) is 0.774. The molecule has 0 saturated heterocycles. The number of benzene rings is 1. The normalized spacial score (nSPS) is 11.1. The van der Waals surface area contributed by atoms with Crippen LogP contribution in [0.5, 0.6) is 0 Å². The molecule has 0 amide bonds. The van der Waals surface area contributed by atoms with E-state index >= 15 is 0 Å². The zero-order valence-corrected chi connectivity index (χ0v) is 12.5. The summed E-state index contributed by atoms with van der Waals surface area (Å²) in [5.74, 6) is 0. The Kier molecular flexibility index (Phi) is 5.49. The number of aryl methyl sites for hydroxylation is 1. The molecular formula is C11H16ClN5O2S. The van der Waals surface area contributed by atoms with Crippen molar-refractivity contribution >= 4 is 28.1 Å². The number of aromatic nitrogens is 3. The van der Waals surface area contributed by atoms with Gasteiger partial charge in [0.25, 0.3) is 10.0 Å². The van der Waals surface area contributed by atoms with E-state index in [0.717, 1.165) is 5.56 Å². The average Bonchev–Trinajstić information content (AvgIpc) is 2.79. The molecule has 0 spiro atoms. The van der Waals surface area contributed by atoms with Crippen molar-refractivity contribution in [2.24, 2.45) is 7.05 Å². The average molecular weight is 318 g/mol. The van der Waals surface area contributed by atoms with Gasteiger partial charge in [0.2, 0.25) is 0 Å². The second-order valence-electron chi connectivity index (χ2n) is 4.09. The number of hydrogen-bond donors (Lipinski definition) is 2. The molecule has 0 aliphatic rings. The van der Waals surface area contributed by atoms with E-state index in [0.29, 0.717) is 18.7 Å². The van der Waals surface area contributed by atoms with Crippen molar-refractivity contribution in [3.05, 3.63) is 36.0 Å². The number of halogens is 1. The summed E-state index contributed by atoms with van der Waals surface area (Å²) < 4.78 is 27.6. The van der Waals surface area contributed by atoms with Gasteiger partial charge in [-0.05, 0) is 24.1 Å². The minimum Gasteiger partial charge on any atom is -0.399 e. The standard InChI is InChI=1S/C11H15N5O2S.ClH/c1-16-11(8-13-15-16)19(17,18)14-7-6-9-2-4-10(12)5-3-9;/h2-5,8,14H,6-7,12H2,1H3;1H. The van der Waals surface area contributed by atoms with Gasteiger partial charge in [0, 0.05) is 19.3 Å². The highest BCUT2D eigenvalue weighted by atomic mass is 35.5. The Bertz CT molecular complexity index is 654. The Labute approximate surface area is 123 Å². The first-order chi connectivity index (χ1) is 8.99. The van der Waals surface area contributed by atoms with Gasteiger partial charge in [-0.1, -0.05) is 17.3 Å². The molecule has 2 rings (SSSR count). The Hall–Kier alpha value is -1.64. The lowest BCUT2D eigenvalue weighted by Crippen LogP contribution is -2.27. The predicted molar refractivity (Wildman–Crippen MR) is 78.0 cm³/mol. The maximum absolute atomic E-state index is 11.9. The van der Waals surface area contributed by atoms with E-state index < -0.39 is 10.0 Å². The molecule has 0 bridgehead atoms. The summed E-state index contributed by atoms with van der Waals surface area (Å²) >= 11 is 0. The molecule has 0 unspecified atom stereocenters. The van der Waals surface area contributed by atoms with Crippen LogP contribution in [0.1, 0.15) is 5.56 Å². The van der Waals surface area contributed by atoms with Crippen LogP contribution in [-0.2, 0) is 23.5 Å². The molecule has 0 atom stereocenters. The molecular weight excluding hydrogens is 302 g/mol. The molecule has 0 aliphatic carbocycles. The molecule has 0 aliphatic heterocycles. The second kappa shape index (κ2) is 6.69. The summed E-state index contributed by atoms with van der Waals surface area (Å²) in [6.07, 6.45) is 1.80. The maximum Gasteiger partial charge on any atom is 0.259 e. The first-order valence-electron chi connectivity index (χ1n) is 5.68. The number of nitrogens with zero attached hydrogens (tertiary/aromatic N) is 3. The van der Waals surface area contributed by atoms with Crippen LogP contribution in [-0.4, -0.2) is 30.0 Å². The summed E-state index contributed by atoms with van der Waals surface area (Å²) in [7, 11) is -2.03. The van der Waals surface area contributed by atoms with Gasteiger partial charge >= 0.3 is 0 Å². The van der Waals surface area contributed by atoms with Crippen LogP contribution in [0.25, 0.3) is 0 Å². The number of nitrogen functional groups attached to an aromatic ring is 1. The van der Waals surface area contributed by atoms with Crippen molar-refractivity contribution in [1.82, 2.24) is 19.7 Å². The van der Waals surface area contributed by atoms with Crippen molar-refractivity contribution < 1.29 is 8.42 Å². The van der Waals surface area contributed by atoms with E-state index in [-0.39, 0.29) is 17.4 Å². The summed E-state index contributed by atoms with van der Waals surface area (Å²) in [6.45, 7) is 0.303. The number of hydrogen-bond acceptors (Lipinski definition) is 5. The number of nitrogens with two attached hydrogens (primary N) is 1. The Balaban J connectivity index is 0.00000200. The van der Waals surface area contributed by atoms with Gasteiger partial charge in [-0.2, -0.15) is 0 Å². The van der Waals surface area contributed by atoms with Crippen molar-refractivity contribution in [2.75, 3.05) is 12.3 Å². The highest BCUT2D eigenvalue weighted by Gasteiger charge is 2.17. The van der Waals surface area contributed by atoms with Crippen LogP contribution in [0.15, 0.2) is 35.5 Å². The smallest absolute Gasteiger partial charge is 0.259 e. The van der Waals surface area contributed by atoms with E-state index in [4.69, 9.17) is 5.73 Å². The topological polar surface area (TPSA) is 103 Å². The Morgan fingerprint density at radius 3 is 2.50 bits per heavy atom. The fourth-order valence-electron chi connectivity index (χ4n) is 1.61. The Morgan fingerprint density at radius 2 is 1.95 bits per heavy atom. The molecule has 1 aromatic carbocycles. The minimum atomic E-state index is -3.56. The minimum absolute atomic E-state index is 0. The second-order valence-corrected chi connectivity index (χ2v) is 5.80. The fraction of sp³-hybridized carbons (Fsp3) is 0.273. The Morgan fingerprint density at radius 1 is 1.30 bits per heavy atom. The van der Waals surface area contributed by atoms with Crippen LogP contribution in [0, 0.1) is 0 Å². The van der Waals surface area contributed by atoms with E-state index in [2.05, 4.69) is 15.0 Å². The van der Waals surface area contributed by atoms with Gasteiger partial charge < -0.3 is 5.73 Å². The summed E-state index contributed by atoms with van der Waals surface area (Å²) in [5.41, 5.74) is 7.28. The zero-order valence-electron chi connectivity index (χ0n) is 10.9. The SMILES string of the molecule is Cl.Cn1nncc1S(=O)(=O)NCCc1ccc(N)cc1. The molecule has 9 heteroatoms. The number of nitrogens with one attached hydrogen (secondary N) is 1. The summed E-state index contributed by atoms with van der Waals surface area (Å²) in [4.78, 5) is 0. The van der Waals surface area contributed by atoms with Gasteiger partial charge in [-0.25, -0.2) is 17.8 Å². The van der Waals surface area contributed by atoms with E-state index in [1.54, 1.807) is 12.1 Å². The molecule has 1 aromatic heterocycles. The van der Waals surface area contributed by atoms with Crippen LogP contribution in [0.4, 0.5) is 5.69 Å². The molecule has 0 saturated carbocycles. The number of anilines is 1. The lowest BCUT2D eigenvalue weighted by atomic mass is 10.1. The summed E-state index contributed by atoms with van der Waals surface area (Å²) in [6, 6.07) is 7.31. The van der Waals surface area contributed by atoms with Gasteiger partial charge in [0.15, 0.2) is 5.03 Å². The largest absolute Gasteiger partial charge is 0.399 e. The molecule has 7 nitrogen and oxygen atoms in total. The molecule has 0 fully saturated rings. The lowest BCUT2D eigenvalue weighted by molar-refractivity contribution is 0.561. The highest BCUT2D eigenvalue weighted by Crippen LogP contribution is 2.07. The van der Waals surface area contributed by atoms with Crippen LogP contribution < -0.4 is 10.5 Å². The number of rotatable bonds is 5. The van der Waals surface area contributed by atoms with Crippen molar-refractivity contribution in [3.63, 3.8) is 0 Å². The monoisotopic (exact) mass is 317 g/mol. The highest BCUT2D eigenvalue weighted by molar-refractivity contribution is 7.89. The third-order valence-corrected chi connectivity index (χ3v) is 4.14. The van der Waals surface area contributed by atoms with Gasteiger partial charge in [0.1, 0.15) is 0 Å². The third-order valence-electron chi connectivity index (χ3n) is 2.63. The first kappa shape index (κ1) is 16.4. The van der Waals surface area contributed by atoms with Crippen LogP contribution in [0.3, 0.4) is 0 Å². The third kappa shape index (κ3) is 3.92. The molecule has 3 N–H and O–H groups in total. The van der Waals surface area contributed by atoms with E-state index in [1.807, 2.05) is 12.1 Å². The van der Waals surface area contributed by atoms with Crippen molar-refractivity contribution in [2.45, 2.75) is 11.4 Å². The van der Waals surface area contributed by atoms with E-state index in [9.17, 15) is 8.42 Å². The molecule has 0 radical (unpaired) electrons. The van der Waals surface area contributed by atoms with Crippen LogP contribution >= 0.6 is 12.4 Å². The van der Waals surface area contributed by atoms with Crippen molar-refractivity contribution in [1.29, 1.82) is 0 Å². The molecule has 1 heterocycles. The number of sulfonamides is 1. The van der Waals surface area contributed by atoms with Gasteiger partial charge in [0.05, 0.1) is 6.20 Å². The maximum atomic E-state index is 11.9. The lowest BCUT2D eigenvalue weighted by Gasteiger charge is -2.06. The molecule has 2 aromatic rings. The summed E-state index contributed by atoms with van der Waals surface area (Å²) in [5, 5.41) is 7.18. The first-order valence-corrected chi connectivity index (χ1v) is 7.16.